The van der Waals surface area contributed by atoms with Crippen LogP contribution in [0, 0.1) is 0 Å². The summed E-state index contributed by atoms with van der Waals surface area (Å²) in [6, 6.07) is 16.2. The largest absolute Gasteiger partial charge is 0.462 e. The maximum atomic E-state index is 7.07. The van der Waals surface area contributed by atoms with Gasteiger partial charge in [0, 0.05) is 28.8 Å². The Balaban J connectivity index is 1.40. The molecule has 4 aliphatic carbocycles. The summed E-state index contributed by atoms with van der Waals surface area (Å²) in [6.45, 7) is 5.35. The second-order valence-electron chi connectivity index (χ2n) is 14.0. The van der Waals surface area contributed by atoms with Crippen LogP contribution >= 0.6 is 0 Å². The van der Waals surface area contributed by atoms with Crippen LogP contribution < -0.4 is 20.6 Å². The molecule has 2 unspecified atom stereocenters. The molecule has 2 nitrogen and oxygen atoms in total. The number of allylic oxidation sites excluding steroid dienone is 11. The number of hydrogen-bond donors (Lipinski definition) is 0. The van der Waals surface area contributed by atoms with Crippen LogP contribution in [0.4, 0.5) is 5.69 Å². The first-order valence-corrected chi connectivity index (χ1v) is 16.7. The van der Waals surface area contributed by atoms with E-state index in [0.29, 0.717) is 0 Å². The van der Waals surface area contributed by atoms with Gasteiger partial charge in [-0.1, -0.05) is 104 Å². The van der Waals surface area contributed by atoms with Crippen molar-refractivity contribution in [1.82, 2.24) is 0 Å². The Labute approximate surface area is 257 Å². The molecule has 0 radical (unpaired) electrons. The Hall–Kier alpha value is -3.72. The number of hydrogen-bond acceptors (Lipinski definition) is 2. The van der Waals surface area contributed by atoms with Crippen molar-refractivity contribution < 1.29 is 4.74 Å². The molecular weight excluding hydrogens is 521 g/mol. The number of fused-ring (bicyclic) bond motifs is 8. The average molecular weight is 562 g/mol. The van der Waals surface area contributed by atoms with Gasteiger partial charge in [-0.05, 0) is 91.1 Å². The lowest BCUT2D eigenvalue weighted by Crippen LogP contribution is -2.59. The molecule has 3 heteroatoms. The van der Waals surface area contributed by atoms with Gasteiger partial charge in [0.05, 0.1) is 5.54 Å². The van der Waals surface area contributed by atoms with Crippen LogP contribution in [0.3, 0.4) is 0 Å². The van der Waals surface area contributed by atoms with E-state index in [1.807, 2.05) is 0 Å². The number of ether oxygens (including phenoxy) is 1. The van der Waals surface area contributed by atoms with Crippen LogP contribution in [0.25, 0.3) is 0 Å². The van der Waals surface area contributed by atoms with E-state index in [1.54, 1.807) is 5.56 Å². The fraction of sp³-hybridized carbons (Fsp3) is 0.350. The summed E-state index contributed by atoms with van der Waals surface area (Å²) in [6.07, 6.45) is 28.0. The van der Waals surface area contributed by atoms with Crippen LogP contribution in [0.5, 0.6) is 5.75 Å². The number of para-hydroxylation sites is 2. The predicted molar refractivity (Wildman–Crippen MR) is 180 cm³/mol. The summed E-state index contributed by atoms with van der Waals surface area (Å²) in [5, 5.41) is 0. The van der Waals surface area contributed by atoms with E-state index in [2.05, 4.69) is 104 Å². The summed E-state index contributed by atoms with van der Waals surface area (Å²) in [5.74, 6) is 2.18. The molecule has 1 saturated carbocycles. The third kappa shape index (κ3) is 3.48. The van der Waals surface area contributed by atoms with Gasteiger partial charge in [-0.25, -0.2) is 0 Å². The van der Waals surface area contributed by atoms with Gasteiger partial charge in [-0.2, -0.15) is 0 Å². The zero-order chi connectivity index (χ0) is 28.8. The summed E-state index contributed by atoms with van der Waals surface area (Å²) >= 11 is 0. The molecule has 2 bridgehead atoms. The fourth-order valence-corrected chi connectivity index (χ4v) is 9.64. The van der Waals surface area contributed by atoms with Crippen molar-refractivity contribution in [3.8, 4) is 5.75 Å². The molecule has 0 spiro atoms. The Morgan fingerprint density at radius 1 is 0.884 bits per heavy atom. The highest BCUT2D eigenvalue weighted by Crippen LogP contribution is 2.62. The lowest BCUT2D eigenvalue weighted by atomic mass is 9.33. The fourth-order valence-electron chi connectivity index (χ4n) is 9.64. The third-order valence-corrected chi connectivity index (χ3v) is 12.0. The van der Waals surface area contributed by atoms with Gasteiger partial charge < -0.3 is 9.64 Å². The molecule has 9 rings (SSSR count). The van der Waals surface area contributed by atoms with Crippen LogP contribution in [0.15, 0.2) is 124 Å². The van der Waals surface area contributed by atoms with Crippen molar-refractivity contribution in [3.05, 3.63) is 130 Å². The molecule has 1 fully saturated rings. The van der Waals surface area contributed by atoms with E-state index >= 15 is 0 Å². The molecule has 43 heavy (non-hydrogen) atoms. The van der Waals surface area contributed by atoms with E-state index in [4.69, 9.17) is 4.74 Å². The minimum atomic E-state index is 0.0320. The normalized spacial score (nSPS) is 31.4. The Morgan fingerprint density at radius 2 is 1.77 bits per heavy atom. The van der Waals surface area contributed by atoms with Gasteiger partial charge in [0.25, 0.3) is 0 Å². The van der Waals surface area contributed by atoms with Gasteiger partial charge >= 0.3 is 0 Å². The summed E-state index contributed by atoms with van der Waals surface area (Å²) in [4.78, 5) is 2.89. The third-order valence-electron chi connectivity index (χ3n) is 12.0. The molecule has 0 amide bonds. The van der Waals surface area contributed by atoms with Gasteiger partial charge in [0.2, 0.25) is 6.71 Å². The second-order valence-corrected chi connectivity index (χ2v) is 14.0. The number of nitrogens with zero attached hydrogens (tertiary/aromatic N) is 1. The van der Waals surface area contributed by atoms with Crippen molar-refractivity contribution >= 4 is 23.3 Å². The van der Waals surface area contributed by atoms with E-state index < -0.39 is 0 Å². The SMILES string of the molecule is CC12CCCCC1(C)N1C3=C4C/C(=C(/C5=CC=CCC5)C/C=C/3C3=CCCC=C3)Oc3ccccc3B4c3cccc2c31. The summed E-state index contributed by atoms with van der Waals surface area (Å²) < 4.78 is 7.07. The topological polar surface area (TPSA) is 12.5 Å². The van der Waals surface area contributed by atoms with Crippen molar-refractivity contribution in [3.63, 3.8) is 0 Å². The number of benzene rings is 2. The van der Waals surface area contributed by atoms with Crippen molar-refractivity contribution in [2.75, 3.05) is 4.90 Å². The standard InChI is InChI=1S/C40H40BNO/c1-39-24-11-12-25-40(39,2)42-37-30(28-16-7-4-8-17-28)23-22-29(27-14-5-3-6-15-27)36-26-34(37)41(32-19-9-10-21-35(32)43-36)33-20-13-18-31(39)38(33)42/h3,5,7,9-10,13-14,16-21,23H,4,6,8,11-12,15,22,24-26H2,1-2H3/b30-23+,36-29-. The lowest BCUT2D eigenvalue weighted by Gasteiger charge is -2.53. The summed E-state index contributed by atoms with van der Waals surface area (Å²) in [5.41, 5.74) is 14.7. The van der Waals surface area contributed by atoms with E-state index in [-0.39, 0.29) is 17.7 Å². The summed E-state index contributed by atoms with van der Waals surface area (Å²) in [7, 11) is 0. The molecule has 0 N–H and O–H groups in total. The second kappa shape index (κ2) is 9.39. The molecule has 2 aromatic carbocycles. The minimum absolute atomic E-state index is 0.0320. The van der Waals surface area contributed by atoms with Gasteiger partial charge in [0.1, 0.15) is 11.5 Å². The molecule has 0 saturated heterocycles. The monoisotopic (exact) mass is 561 g/mol. The van der Waals surface area contributed by atoms with Gasteiger partial charge in [0.15, 0.2) is 0 Å². The minimum Gasteiger partial charge on any atom is -0.462 e. The smallest absolute Gasteiger partial charge is 0.247 e. The molecule has 3 heterocycles. The first-order chi connectivity index (χ1) is 21.1. The van der Waals surface area contributed by atoms with Gasteiger partial charge in [-0.3, -0.25) is 0 Å². The first-order valence-electron chi connectivity index (χ1n) is 16.7. The van der Waals surface area contributed by atoms with Gasteiger partial charge in [-0.15, -0.1) is 0 Å². The zero-order valence-corrected chi connectivity index (χ0v) is 25.6. The highest BCUT2D eigenvalue weighted by molar-refractivity contribution is 6.93. The first kappa shape index (κ1) is 25.8. The number of rotatable bonds is 2. The average Bonchev–Trinajstić information content (AvgIpc) is 3.13. The van der Waals surface area contributed by atoms with Crippen molar-refractivity contribution in [2.45, 2.75) is 89.0 Å². The highest BCUT2D eigenvalue weighted by Gasteiger charge is 2.61. The van der Waals surface area contributed by atoms with Crippen LogP contribution in [-0.2, 0) is 5.41 Å². The Kier molecular flexibility index (Phi) is 5.62. The molecule has 3 aliphatic heterocycles. The quantitative estimate of drug-likeness (QED) is 0.341. The van der Waals surface area contributed by atoms with E-state index in [9.17, 15) is 0 Å². The van der Waals surface area contributed by atoms with Crippen LogP contribution in [0.2, 0.25) is 0 Å². The highest BCUT2D eigenvalue weighted by atomic mass is 16.5. The molecule has 0 aromatic heterocycles. The van der Waals surface area contributed by atoms with Crippen LogP contribution in [0.1, 0.15) is 83.6 Å². The predicted octanol–water partition coefficient (Wildman–Crippen LogP) is 8.43. The van der Waals surface area contributed by atoms with E-state index in [0.717, 1.165) is 50.0 Å². The number of anilines is 1. The Bertz CT molecular complexity index is 1800. The van der Waals surface area contributed by atoms with E-state index in [1.165, 1.54) is 75.8 Å². The molecule has 214 valence electrons. The van der Waals surface area contributed by atoms with Crippen LogP contribution in [-0.4, -0.2) is 12.3 Å². The lowest BCUT2D eigenvalue weighted by molar-refractivity contribution is 0.191. The molecular formula is C40H40BNO. The zero-order valence-electron chi connectivity index (χ0n) is 25.6. The van der Waals surface area contributed by atoms with Crippen molar-refractivity contribution in [1.29, 1.82) is 0 Å². The Morgan fingerprint density at radius 3 is 2.63 bits per heavy atom. The maximum Gasteiger partial charge on any atom is 0.247 e. The molecule has 2 aromatic rings. The van der Waals surface area contributed by atoms with Crippen molar-refractivity contribution in [2.24, 2.45) is 0 Å². The molecule has 7 aliphatic rings. The molecule has 2 atom stereocenters. The maximum absolute atomic E-state index is 7.07.